The van der Waals surface area contributed by atoms with Crippen LogP contribution in [0.3, 0.4) is 0 Å². The summed E-state index contributed by atoms with van der Waals surface area (Å²) in [5.41, 5.74) is 2.16. The van der Waals surface area contributed by atoms with Crippen LogP contribution in [0.4, 0.5) is 11.4 Å². The predicted octanol–water partition coefficient (Wildman–Crippen LogP) is 3.92. The number of piperidine rings is 1. The number of carbonyl (C=O) groups excluding carboxylic acids is 1. The maximum absolute atomic E-state index is 12.9. The number of para-hydroxylation sites is 1. The Kier molecular flexibility index (Phi) is 7.07. The lowest BCUT2D eigenvalue weighted by atomic mass is 10.0. The predicted molar refractivity (Wildman–Crippen MR) is 134 cm³/mol. The Labute approximate surface area is 201 Å². The average Bonchev–Trinajstić information content (AvgIpc) is 2.89. The molecule has 178 valence electrons. The van der Waals surface area contributed by atoms with Crippen molar-refractivity contribution in [3.8, 4) is 5.75 Å². The van der Waals surface area contributed by atoms with Gasteiger partial charge in [-0.25, -0.2) is 8.42 Å². The molecule has 3 aromatic carbocycles. The molecule has 3 aromatic rings. The molecule has 1 N–H and O–H groups in total. The van der Waals surface area contributed by atoms with E-state index in [1.54, 1.807) is 43.5 Å². The Bertz CT molecular complexity index is 1210. The number of carbonyl (C=O) groups is 1. The van der Waals surface area contributed by atoms with E-state index < -0.39 is 10.0 Å². The molecule has 4 rings (SSSR count). The molecule has 1 aliphatic heterocycles. The van der Waals surface area contributed by atoms with Gasteiger partial charge in [0.1, 0.15) is 5.75 Å². The van der Waals surface area contributed by atoms with Crippen LogP contribution in [0.5, 0.6) is 5.75 Å². The molecule has 0 atom stereocenters. The Morgan fingerprint density at radius 3 is 2.15 bits per heavy atom. The van der Waals surface area contributed by atoms with E-state index in [4.69, 9.17) is 4.74 Å². The second-order valence-electron chi connectivity index (χ2n) is 8.27. The number of sulfonamides is 1. The van der Waals surface area contributed by atoms with Crippen LogP contribution in [0, 0.1) is 0 Å². The van der Waals surface area contributed by atoms with Crippen LogP contribution < -0.4 is 19.3 Å². The van der Waals surface area contributed by atoms with Gasteiger partial charge in [-0.1, -0.05) is 18.2 Å². The third-order valence-electron chi connectivity index (χ3n) is 6.16. The van der Waals surface area contributed by atoms with E-state index in [1.165, 1.54) is 23.5 Å². The smallest absolute Gasteiger partial charge is 0.264 e. The van der Waals surface area contributed by atoms with Crippen LogP contribution in [-0.4, -0.2) is 47.6 Å². The lowest BCUT2D eigenvalue weighted by molar-refractivity contribution is 0.0931. The summed E-state index contributed by atoms with van der Waals surface area (Å²) in [6.07, 6.45) is 1.68. The molecule has 1 saturated heterocycles. The van der Waals surface area contributed by atoms with Gasteiger partial charge in [-0.3, -0.25) is 9.10 Å². The maximum atomic E-state index is 12.9. The summed E-state index contributed by atoms with van der Waals surface area (Å²) in [5.74, 6) is 0.639. The molecule has 7 nitrogen and oxygen atoms in total. The maximum Gasteiger partial charge on any atom is 0.264 e. The van der Waals surface area contributed by atoms with Crippen molar-refractivity contribution < 1.29 is 17.9 Å². The number of amides is 1. The van der Waals surface area contributed by atoms with Crippen molar-refractivity contribution in [2.75, 3.05) is 36.5 Å². The third-order valence-corrected chi connectivity index (χ3v) is 7.96. The van der Waals surface area contributed by atoms with Gasteiger partial charge in [0.2, 0.25) is 0 Å². The second-order valence-corrected chi connectivity index (χ2v) is 10.2. The minimum atomic E-state index is -3.71. The van der Waals surface area contributed by atoms with Gasteiger partial charge in [0.15, 0.2) is 0 Å². The molecule has 0 saturated carbocycles. The lowest BCUT2D eigenvalue weighted by Crippen LogP contribution is -2.44. The molecule has 1 amide bonds. The van der Waals surface area contributed by atoms with E-state index in [2.05, 4.69) is 10.2 Å². The fourth-order valence-corrected chi connectivity index (χ4v) is 5.25. The molecule has 1 heterocycles. The number of methoxy groups -OCH3 is 1. The van der Waals surface area contributed by atoms with Gasteiger partial charge in [-0.05, 0) is 73.5 Å². The lowest BCUT2D eigenvalue weighted by Gasteiger charge is -2.34. The van der Waals surface area contributed by atoms with Crippen molar-refractivity contribution in [3.63, 3.8) is 0 Å². The second kappa shape index (κ2) is 10.2. The highest BCUT2D eigenvalue weighted by atomic mass is 32.2. The first-order valence-electron chi connectivity index (χ1n) is 11.2. The molecule has 0 bridgehead atoms. The highest BCUT2D eigenvalue weighted by Gasteiger charge is 2.23. The molecule has 0 unspecified atom stereocenters. The Balaban J connectivity index is 1.34. The number of nitrogens with one attached hydrogen (secondary N) is 1. The number of ether oxygens (including phenoxy) is 1. The van der Waals surface area contributed by atoms with Crippen LogP contribution in [0.15, 0.2) is 83.8 Å². The average molecular weight is 480 g/mol. The zero-order chi connectivity index (χ0) is 24.1. The van der Waals surface area contributed by atoms with Crippen LogP contribution in [0.25, 0.3) is 0 Å². The number of nitrogens with zero attached hydrogens (tertiary/aromatic N) is 2. The standard InChI is InChI=1S/C26H29N3O4S/c1-28(22-6-4-3-5-7-22)34(31,32)25-14-8-20(9-15-25)26(30)27-21-16-18-29(19-17-21)23-10-12-24(33-2)13-11-23/h3-15,21H,16-19H2,1-2H3,(H,27,30). The van der Waals surface area contributed by atoms with E-state index >= 15 is 0 Å². The number of hydrogen-bond donors (Lipinski definition) is 1. The monoisotopic (exact) mass is 479 g/mol. The van der Waals surface area contributed by atoms with E-state index in [0.29, 0.717) is 11.3 Å². The fraction of sp³-hybridized carbons (Fsp3) is 0.269. The normalized spacial score (nSPS) is 14.5. The molecular weight excluding hydrogens is 450 g/mol. The highest BCUT2D eigenvalue weighted by Crippen LogP contribution is 2.24. The van der Waals surface area contributed by atoms with E-state index in [9.17, 15) is 13.2 Å². The summed E-state index contributed by atoms with van der Waals surface area (Å²) in [4.78, 5) is 15.2. The van der Waals surface area contributed by atoms with Gasteiger partial charge in [0.25, 0.3) is 15.9 Å². The van der Waals surface area contributed by atoms with E-state index in [-0.39, 0.29) is 16.8 Å². The first-order valence-corrected chi connectivity index (χ1v) is 12.7. The summed E-state index contributed by atoms with van der Waals surface area (Å²) in [5, 5.41) is 3.09. The van der Waals surface area contributed by atoms with Crippen molar-refractivity contribution in [1.29, 1.82) is 0 Å². The van der Waals surface area contributed by atoms with Crippen LogP contribution in [0.2, 0.25) is 0 Å². The molecule has 0 aromatic heterocycles. The summed E-state index contributed by atoms with van der Waals surface area (Å²) in [7, 11) is -0.541. The number of anilines is 2. The van der Waals surface area contributed by atoms with E-state index in [0.717, 1.165) is 37.4 Å². The van der Waals surface area contributed by atoms with Gasteiger partial charge in [-0.2, -0.15) is 0 Å². The van der Waals surface area contributed by atoms with Crippen molar-refractivity contribution in [3.05, 3.63) is 84.4 Å². The molecule has 34 heavy (non-hydrogen) atoms. The molecule has 0 aliphatic carbocycles. The summed E-state index contributed by atoms with van der Waals surface area (Å²) in [6, 6.07) is 23.0. The molecule has 8 heteroatoms. The molecule has 0 radical (unpaired) electrons. The van der Waals surface area contributed by atoms with Gasteiger partial charge in [0.05, 0.1) is 17.7 Å². The molecular formula is C26H29N3O4S. The minimum absolute atomic E-state index is 0.0784. The fourth-order valence-electron chi connectivity index (χ4n) is 4.06. The van der Waals surface area contributed by atoms with Crippen molar-refractivity contribution in [2.45, 2.75) is 23.8 Å². The van der Waals surface area contributed by atoms with Gasteiger partial charge < -0.3 is 15.0 Å². The quantitative estimate of drug-likeness (QED) is 0.556. The summed E-state index contributed by atoms with van der Waals surface area (Å²) < 4.78 is 32.3. The first kappa shape index (κ1) is 23.6. The summed E-state index contributed by atoms with van der Waals surface area (Å²) in [6.45, 7) is 1.69. The van der Waals surface area contributed by atoms with Crippen molar-refractivity contribution >= 4 is 27.3 Å². The largest absolute Gasteiger partial charge is 0.497 e. The zero-order valence-corrected chi connectivity index (χ0v) is 20.2. The Morgan fingerprint density at radius 1 is 0.941 bits per heavy atom. The third kappa shape index (κ3) is 5.17. The topological polar surface area (TPSA) is 79.0 Å². The Morgan fingerprint density at radius 2 is 1.56 bits per heavy atom. The van der Waals surface area contributed by atoms with Gasteiger partial charge in [-0.15, -0.1) is 0 Å². The number of rotatable bonds is 7. The van der Waals surface area contributed by atoms with Crippen molar-refractivity contribution in [2.24, 2.45) is 0 Å². The highest BCUT2D eigenvalue weighted by molar-refractivity contribution is 7.92. The molecule has 0 spiro atoms. The number of benzene rings is 3. The Hall–Kier alpha value is -3.52. The van der Waals surface area contributed by atoms with Crippen LogP contribution in [0.1, 0.15) is 23.2 Å². The number of hydrogen-bond acceptors (Lipinski definition) is 5. The first-order chi connectivity index (χ1) is 16.4. The summed E-state index contributed by atoms with van der Waals surface area (Å²) >= 11 is 0. The molecule has 1 fully saturated rings. The van der Waals surface area contributed by atoms with Gasteiger partial charge >= 0.3 is 0 Å². The van der Waals surface area contributed by atoms with Crippen LogP contribution >= 0.6 is 0 Å². The van der Waals surface area contributed by atoms with Gasteiger partial charge in [0, 0.05) is 37.4 Å². The van der Waals surface area contributed by atoms with Crippen LogP contribution in [-0.2, 0) is 10.0 Å². The van der Waals surface area contributed by atoms with E-state index in [1.807, 2.05) is 30.3 Å². The molecule has 1 aliphatic rings. The zero-order valence-electron chi connectivity index (χ0n) is 19.3. The van der Waals surface area contributed by atoms with Crippen molar-refractivity contribution in [1.82, 2.24) is 5.32 Å². The SMILES string of the molecule is COc1ccc(N2CCC(NC(=O)c3ccc(S(=O)(=O)N(C)c4ccccc4)cc3)CC2)cc1. The minimum Gasteiger partial charge on any atom is -0.497 e.